The van der Waals surface area contributed by atoms with Gasteiger partial charge in [0.2, 0.25) is 0 Å². The molecule has 5 unspecified atom stereocenters. The van der Waals surface area contributed by atoms with Crippen molar-refractivity contribution in [3.8, 4) is 0 Å². The quantitative estimate of drug-likeness (QED) is 0.387. The molecule has 0 aromatic carbocycles. The van der Waals surface area contributed by atoms with Gasteiger partial charge in [-0.3, -0.25) is 19.6 Å². The third kappa shape index (κ3) is 9.98. The van der Waals surface area contributed by atoms with E-state index in [0.29, 0.717) is 11.1 Å². The first-order valence-electron chi connectivity index (χ1n) is 12.3. The number of methoxy groups -OCH3 is 1. The fraction of sp³-hybridized carbons (Fsp3) is 0.481. The molecule has 202 valence electrons. The minimum Gasteiger partial charge on any atom is -0.480 e. The maximum atomic E-state index is 12.0. The molecule has 0 saturated carbocycles. The van der Waals surface area contributed by atoms with Gasteiger partial charge in [0.15, 0.2) is 0 Å². The molecule has 0 radical (unpaired) electrons. The van der Waals surface area contributed by atoms with Gasteiger partial charge in [0.1, 0.15) is 12.1 Å². The molecule has 0 aliphatic carbocycles. The molecule has 10 nitrogen and oxygen atoms in total. The Morgan fingerprint density at radius 3 is 1.65 bits per heavy atom. The minimum absolute atomic E-state index is 0.0121. The Bertz CT molecular complexity index is 1000. The van der Waals surface area contributed by atoms with E-state index in [2.05, 4.69) is 20.6 Å². The lowest BCUT2D eigenvalue weighted by molar-refractivity contribution is -0.144. The molecular weight excluding hydrogens is 476 g/mol. The summed E-state index contributed by atoms with van der Waals surface area (Å²) in [7, 11) is 1.31. The zero-order valence-corrected chi connectivity index (χ0v) is 22.3. The Hall–Kier alpha value is -3.82. The summed E-state index contributed by atoms with van der Waals surface area (Å²) < 4.78 is 4.70. The fourth-order valence-corrected chi connectivity index (χ4v) is 3.36. The molecule has 2 rings (SSSR count). The zero-order valence-electron chi connectivity index (χ0n) is 22.3. The number of hydrogen-bond donors (Lipinski definition) is 3. The van der Waals surface area contributed by atoms with Gasteiger partial charge in [0, 0.05) is 24.8 Å². The van der Waals surface area contributed by atoms with E-state index in [0.717, 1.165) is 12.8 Å². The van der Waals surface area contributed by atoms with E-state index >= 15 is 0 Å². The third-order valence-corrected chi connectivity index (χ3v) is 6.42. The lowest BCUT2D eigenvalue weighted by Gasteiger charge is -2.26. The standard InChI is InChI=1S/C14H20N2O3.C13H18N2O3/c1-4-9(2)10(3)12(14(18)19)16-13(17)11-6-5-7-15-8-11;1-4-9(2)11(13(17)18-3)15-12(16)10-6-5-7-14-8-10/h5-10,12H,4H2,1-3H3,(H,16,17)(H,18,19);5-9,11H,4H2,1-3H3,(H,15,16). The van der Waals surface area contributed by atoms with Gasteiger partial charge in [0.05, 0.1) is 18.2 Å². The van der Waals surface area contributed by atoms with E-state index in [1.807, 2.05) is 34.6 Å². The molecule has 2 amide bonds. The average Bonchev–Trinajstić information content (AvgIpc) is 2.93. The summed E-state index contributed by atoms with van der Waals surface area (Å²) in [5.41, 5.74) is 0.791. The highest BCUT2D eigenvalue weighted by molar-refractivity contribution is 5.97. The lowest BCUT2D eigenvalue weighted by Crippen LogP contribution is -2.46. The first-order chi connectivity index (χ1) is 17.6. The van der Waals surface area contributed by atoms with Crippen LogP contribution in [0, 0.1) is 17.8 Å². The number of ether oxygens (including phenoxy) is 1. The number of carbonyl (C=O) groups is 4. The molecule has 2 aromatic rings. The minimum atomic E-state index is -1.01. The number of rotatable bonds is 11. The van der Waals surface area contributed by atoms with Crippen LogP contribution in [0.25, 0.3) is 0 Å². The van der Waals surface area contributed by atoms with Gasteiger partial charge < -0.3 is 20.5 Å². The van der Waals surface area contributed by atoms with E-state index in [1.165, 1.54) is 19.5 Å². The van der Waals surface area contributed by atoms with Crippen LogP contribution in [0.2, 0.25) is 0 Å². The van der Waals surface area contributed by atoms with Crippen LogP contribution >= 0.6 is 0 Å². The smallest absolute Gasteiger partial charge is 0.328 e. The topological polar surface area (TPSA) is 148 Å². The number of hydrogen-bond acceptors (Lipinski definition) is 7. The van der Waals surface area contributed by atoms with Crippen molar-refractivity contribution in [2.45, 2.75) is 59.5 Å². The Labute approximate surface area is 218 Å². The van der Waals surface area contributed by atoms with E-state index in [9.17, 15) is 24.3 Å². The number of aliphatic carboxylic acids is 1. The average molecular weight is 515 g/mol. The van der Waals surface area contributed by atoms with Crippen molar-refractivity contribution in [3.63, 3.8) is 0 Å². The highest BCUT2D eigenvalue weighted by atomic mass is 16.5. The van der Waals surface area contributed by atoms with Crippen LogP contribution in [0.15, 0.2) is 49.1 Å². The van der Waals surface area contributed by atoms with Crippen LogP contribution in [-0.4, -0.2) is 58.0 Å². The monoisotopic (exact) mass is 514 g/mol. The number of carboxylic acids is 1. The van der Waals surface area contributed by atoms with Crippen LogP contribution in [0.1, 0.15) is 68.2 Å². The van der Waals surface area contributed by atoms with Crippen molar-refractivity contribution >= 4 is 23.8 Å². The molecule has 0 aliphatic rings. The molecule has 3 N–H and O–H groups in total. The number of amides is 2. The van der Waals surface area contributed by atoms with Crippen LogP contribution < -0.4 is 10.6 Å². The van der Waals surface area contributed by atoms with Crippen molar-refractivity contribution in [1.82, 2.24) is 20.6 Å². The summed E-state index contributed by atoms with van der Waals surface area (Å²) in [6.45, 7) is 9.68. The first-order valence-corrected chi connectivity index (χ1v) is 12.3. The van der Waals surface area contributed by atoms with Gasteiger partial charge in [-0.15, -0.1) is 0 Å². The van der Waals surface area contributed by atoms with E-state index in [1.54, 1.807) is 36.7 Å². The van der Waals surface area contributed by atoms with E-state index < -0.39 is 29.9 Å². The van der Waals surface area contributed by atoms with Crippen LogP contribution in [0.3, 0.4) is 0 Å². The lowest BCUT2D eigenvalue weighted by atomic mass is 9.87. The fourth-order valence-electron chi connectivity index (χ4n) is 3.36. The Balaban J connectivity index is 0.000000371. The maximum Gasteiger partial charge on any atom is 0.328 e. The summed E-state index contributed by atoms with van der Waals surface area (Å²) in [6, 6.07) is 5.05. The number of nitrogens with one attached hydrogen (secondary N) is 2. The number of aromatic nitrogens is 2. The van der Waals surface area contributed by atoms with Gasteiger partial charge in [0.25, 0.3) is 11.8 Å². The molecule has 5 atom stereocenters. The Morgan fingerprint density at radius 2 is 1.30 bits per heavy atom. The molecule has 10 heteroatoms. The second-order valence-electron chi connectivity index (χ2n) is 8.88. The van der Waals surface area contributed by atoms with Crippen LogP contribution in [0.4, 0.5) is 0 Å². The van der Waals surface area contributed by atoms with Crippen molar-refractivity contribution in [2.75, 3.05) is 7.11 Å². The SMILES string of the molecule is CCC(C)C(C)C(NC(=O)c1cccnc1)C(=O)O.CCC(C)C(NC(=O)c1cccnc1)C(=O)OC. The van der Waals surface area contributed by atoms with Gasteiger partial charge in [-0.25, -0.2) is 9.59 Å². The van der Waals surface area contributed by atoms with Crippen LogP contribution in [0.5, 0.6) is 0 Å². The molecule has 2 aromatic heterocycles. The van der Waals surface area contributed by atoms with Gasteiger partial charge in [-0.2, -0.15) is 0 Å². The molecule has 0 spiro atoms. The van der Waals surface area contributed by atoms with Crippen LogP contribution in [-0.2, 0) is 14.3 Å². The summed E-state index contributed by atoms with van der Waals surface area (Å²) >= 11 is 0. The van der Waals surface area contributed by atoms with E-state index in [4.69, 9.17) is 4.74 Å². The molecule has 0 aliphatic heterocycles. The van der Waals surface area contributed by atoms with Crippen molar-refractivity contribution in [1.29, 1.82) is 0 Å². The number of nitrogens with zero attached hydrogens (tertiary/aromatic N) is 2. The highest BCUT2D eigenvalue weighted by Crippen LogP contribution is 2.19. The van der Waals surface area contributed by atoms with Crippen molar-refractivity contribution < 1.29 is 29.0 Å². The van der Waals surface area contributed by atoms with Crippen molar-refractivity contribution in [2.24, 2.45) is 17.8 Å². The predicted octanol–water partition coefficient (Wildman–Crippen LogP) is 3.35. The largest absolute Gasteiger partial charge is 0.480 e. The molecule has 37 heavy (non-hydrogen) atoms. The summed E-state index contributed by atoms with van der Waals surface area (Å²) in [6.07, 6.45) is 7.67. The summed E-state index contributed by atoms with van der Waals surface area (Å²) in [5, 5.41) is 14.5. The molecule has 0 bridgehead atoms. The number of pyridine rings is 2. The number of carboxylic acid groups (broad SMARTS) is 1. The van der Waals surface area contributed by atoms with E-state index in [-0.39, 0.29) is 23.7 Å². The zero-order chi connectivity index (χ0) is 28.0. The molecule has 2 heterocycles. The first kappa shape index (κ1) is 31.2. The second-order valence-corrected chi connectivity index (χ2v) is 8.88. The van der Waals surface area contributed by atoms with Crippen molar-refractivity contribution in [3.05, 3.63) is 60.2 Å². The highest BCUT2D eigenvalue weighted by Gasteiger charge is 2.30. The number of esters is 1. The Morgan fingerprint density at radius 1 is 0.838 bits per heavy atom. The molecule has 0 fully saturated rings. The summed E-state index contributed by atoms with van der Waals surface area (Å²) in [5.74, 6) is -2.07. The third-order valence-electron chi connectivity index (χ3n) is 6.42. The molecular formula is C27H38N4O6. The Kier molecular flexibility index (Phi) is 13.5. The van der Waals surface area contributed by atoms with Gasteiger partial charge in [-0.1, -0.05) is 47.5 Å². The second kappa shape index (κ2) is 16.0. The normalized spacial score (nSPS) is 14.4. The predicted molar refractivity (Wildman–Crippen MR) is 139 cm³/mol. The maximum absolute atomic E-state index is 12.0. The number of carbonyl (C=O) groups excluding carboxylic acids is 3. The molecule has 0 saturated heterocycles. The summed E-state index contributed by atoms with van der Waals surface area (Å²) in [4.78, 5) is 54.5. The van der Waals surface area contributed by atoms with Gasteiger partial charge >= 0.3 is 11.9 Å². The van der Waals surface area contributed by atoms with Gasteiger partial charge in [-0.05, 0) is 42.0 Å².